The molecule has 0 aliphatic heterocycles. The van der Waals surface area contributed by atoms with Crippen molar-refractivity contribution in [3.63, 3.8) is 0 Å². The molecule has 2 heterocycles. The van der Waals surface area contributed by atoms with Crippen molar-refractivity contribution in [1.82, 2.24) is 0 Å². The van der Waals surface area contributed by atoms with E-state index in [1.165, 1.54) is 43.1 Å². The maximum absolute atomic E-state index is 6.88. The van der Waals surface area contributed by atoms with E-state index in [0.717, 1.165) is 99.5 Å². The van der Waals surface area contributed by atoms with Crippen LogP contribution >= 0.6 is 0 Å². The van der Waals surface area contributed by atoms with Gasteiger partial charge < -0.3 is 18.6 Å². The van der Waals surface area contributed by atoms with Crippen LogP contribution in [0, 0.1) is 0 Å². The third kappa shape index (κ3) is 5.84. The van der Waals surface area contributed by atoms with Gasteiger partial charge in [0.2, 0.25) is 0 Å². The van der Waals surface area contributed by atoms with E-state index in [-0.39, 0.29) is 0 Å². The minimum absolute atomic E-state index is 0.840. The molecule has 0 saturated carbocycles. The molecule has 4 heteroatoms. The van der Waals surface area contributed by atoms with E-state index in [1.807, 2.05) is 0 Å². The molecule has 0 N–H and O–H groups in total. The fourth-order valence-corrected chi connectivity index (χ4v) is 11.3. The van der Waals surface area contributed by atoms with Crippen molar-refractivity contribution in [3.8, 4) is 0 Å². The fraction of sp³-hybridized carbons (Fsp3) is 0. The molecule has 0 fully saturated rings. The number of para-hydroxylation sites is 2. The number of nitrogens with zero attached hydrogens (tertiary/aromatic N) is 2. The second-order valence-electron chi connectivity index (χ2n) is 18.4. The van der Waals surface area contributed by atoms with Crippen LogP contribution in [-0.4, -0.2) is 0 Å². The second kappa shape index (κ2) is 15.1. The Balaban J connectivity index is 0.846. The summed E-state index contributed by atoms with van der Waals surface area (Å²) >= 11 is 0. The lowest BCUT2D eigenvalue weighted by atomic mass is 9.98. The van der Waals surface area contributed by atoms with Crippen molar-refractivity contribution in [2.24, 2.45) is 0 Å². The zero-order chi connectivity index (χ0) is 45.9. The van der Waals surface area contributed by atoms with Crippen LogP contribution in [0.15, 0.2) is 251 Å². The predicted molar refractivity (Wildman–Crippen MR) is 295 cm³/mol. The molecule has 4 nitrogen and oxygen atoms in total. The summed E-state index contributed by atoms with van der Waals surface area (Å²) in [4.78, 5) is 4.76. The third-order valence-electron chi connectivity index (χ3n) is 14.5. The van der Waals surface area contributed by atoms with Crippen molar-refractivity contribution in [1.29, 1.82) is 0 Å². The zero-order valence-corrected chi connectivity index (χ0v) is 37.8. The van der Waals surface area contributed by atoms with Gasteiger partial charge >= 0.3 is 0 Å². The molecule has 326 valence electrons. The molecule has 0 aliphatic rings. The number of benzene rings is 13. The summed E-state index contributed by atoms with van der Waals surface area (Å²) in [6.07, 6.45) is 0. The third-order valence-corrected chi connectivity index (χ3v) is 14.5. The molecule has 70 heavy (non-hydrogen) atoms. The highest BCUT2D eigenvalue weighted by Gasteiger charge is 2.22. The Labute approximate surface area is 402 Å². The zero-order valence-electron chi connectivity index (χ0n) is 37.8. The van der Waals surface area contributed by atoms with Gasteiger partial charge in [-0.25, -0.2) is 0 Å². The topological polar surface area (TPSA) is 32.8 Å². The number of hydrogen-bond donors (Lipinski definition) is 0. The van der Waals surface area contributed by atoms with Crippen molar-refractivity contribution in [3.05, 3.63) is 243 Å². The Morgan fingerprint density at radius 1 is 0.214 bits per heavy atom. The van der Waals surface area contributed by atoms with E-state index in [1.54, 1.807) is 0 Å². The van der Waals surface area contributed by atoms with Gasteiger partial charge in [0.05, 0.1) is 11.4 Å². The van der Waals surface area contributed by atoms with Gasteiger partial charge in [-0.15, -0.1) is 0 Å². The maximum atomic E-state index is 6.88. The lowest BCUT2D eigenvalue weighted by molar-refractivity contribution is 0.667. The molecule has 0 spiro atoms. The number of fused-ring (bicyclic) bond motifs is 16. The molecule has 0 bridgehead atoms. The van der Waals surface area contributed by atoms with Gasteiger partial charge in [0, 0.05) is 65.8 Å². The van der Waals surface area contributed by atoms with Crippen LogP contribution in [0.3, 0.4) is 0 Å². The fourth-order valence-electron chi connectivity index (χ4n) is 11.3. The normalized spacial score (nSPS) is 12.0. The first-order valence-corrected chi connectivity index (χ1v) is 23.9. The van der Waals surface area contributed by atoms with E-state index >= 15 is 0 Å². The molecule has 0 saturated heterocycles. The molecule has 0 amide bonds. The van der Waals surface area contributed by atoms with Crippen molar-refractivity contribution in [2.75, 3.05) is 9.80 Å². The summed E-state index contributed by atoms with van der Waals surface area (Å²) in [5.74, 6) is 0. The van der Waals surface area contributed by atoms with Crippen molar-refractivity contribution >= 4 is 143 Å². The highest BCUT2D eigenvalue weighted by Crippen LogP contribution is 2.47. The summed E-state index contributed by atoms with van der Waals surface area (Å²) in [5.41, 5.74) is 10.0. The minimum atomic E-state index is 0.840. The summed E-state index contributed by atoms with van der Waals surface area (Å²) in [6, 6.07) is 87.4. The van der Waals surface area contributed by atoms with Gasteiger partial charge in [-0.05, 0) is 140 Å². The van der Waals surface area contributed by atoms with E-state index in [9.17, 15) is 0 Å². The van der Waals surface area contributed by atoms with Gasteiger partial charge in [-0.1, -0.05) is 146 Å². The van der Waals surface area contributed by atoms with E-state index in [0.29, 0.717) is 0 Å². The highest BCUT2D eigenvalue weighted by atomic mass is 16.3. The molecule has 0 unspecified atom stereocenters. The first-order valence-electron chi connectivity index (χ1n) is 23.9. The number of hydrogen-bond acceptors (Lipinski definition) is 4. The van der Waals surface area contributed by atoms with Gasteiger partial charge in [0.25, 0.3) is 0 Å². The Kier molecular flexibility index (Phi) is 8.33. The van der Waals surface area contributed by atoms with Crippen LogP contribution in [-0.2, 0) is 0 Å². The molecule has 0 radical (unpaired) electrons. The van der Waals surface area contributed by atoms with Crippen LogP contribution in [0.4, 0.5) is 34.1 Å². The minimum Gasteiger partial charge on any atom is -0.455 e. The van der Waals surface area contributed by atoms with E-state index < -0.39 is 0 Å². The predicted octanol–water partition coefficient (Wildman–Crippen LogP) is 19.3. The molecule has 15 rings (SSSR count). The lowest BCUT2D eigenvalue weighted by Gasteiger charge is -2.28. The Morgan fingerprint density at radius 3 is 1.01 bits per heavy atom. The lowest BCUT2D eigenvalue weighted by Crippen LogP contribution is -2.10. The second-order valence-corrected chi connectivity index (χ2v) is 18.4. The average molecular weight is 893 g/mol. The standard InChI is InChI=1S/C66H40N2O2/c1-3-17-45(18-4-1)67(61-37-41-15-7-9-21-49(41)53-23-11-13-25-55(53)61)47-29-33-51-43(35-47)27-31-57-59-39-64-60(40-63(59)69-65(51)57)58-32-28-44-36-48(30-34-52(44)66(58)70-64)68(46-19-5-2-6-20-46)62-38-42-16-8-10-22-50(42)54-24-12-14-26-56(54)62/h1-40H. The first-order chi connectivity index (χ1) is 34.7. The summed E-state index contributed by atoms with van der Waals surface area (Å²) in [6.45, 7) is 0. The monoisotopic (exact) mass is 892 g/mol. The molecule has 0 atom stereocenters. The Hall–Kier alpha value is -9.38. The Morgan fingerprint density at radius 2 is 0.571 bits per heavy atom. The van der Waals surface area contributed by atoms with E-state index in [4.69, 9.17) is 8.83 Å². The van der Waals surface area contributed by atoms with Crippen LogP contribution in [0.1, 0.15) is 0 Å². The number of furan rings is 2. The number of anilines is 6. The molecule has 13 aromatic carbocycles. The first kappa shape index (κ1) is 38.7. The smallest absolute Gasteiger partial charge is 0.143 e. The quantitative estimate of drug-likeness (QED) is 0.156. The maximum Gasteiger partial charge on any atom is 0.143 e. The SMILES string of the molecule is c1ccc(N(c2ccc3c(ccc4c5cc6oc7c8ccc(N(c9ccccc9)c9cc%10ccccc%10c%10ccccc9%10)cc8ccc7c6cc5oc34)c2)c2cc3ccccc3c3ccccc23)cc1. The number of rotatable bonds is 6. The van der Waals surface area contributed by atoms with Crippen LogP contribution in [0.2, 0.25) is 0 Å². The van der Waals surface area contributed by atoms with Crippen LogP contribution in [0.25, 0.3) is 109 Å². The van der Waals surface area contributed by atoms with Crippen molar-refractivity contribution in [2.45, 2.75) is 0 Å². The van der Waals surface area contributed by atoms with Gasteiger partial charge in [-0.3, -0.25) is 0 Å². The summed E-state index contributed by atoms with van der Waals surface area (Å²) < 4.78 is 13.8. The van der Waals surface area contributed by atoms with Gasteiger partial charge in [-0.2, -0.15) is 0 Å². The highest BCUT2D eigenvalue weighted by molar-refractivity contribution is 6.23. The van der Waals surface area contributed by atoms with Crippen LogP contribution in [0.5, 0.6) is 0 Å². The largest absolute Gasteiger partial charge is 0.455 e. The molecular formula is C66H40N2O2. The van der Waals surface area contributed by atoms with Gasteiger partial charge in [0.15, 0.2) is 0 Å². The van der Waals surface area contributed by atoms with E-state index in [2.05, 4.69) is 252 Å². The molecule has 0 aliphatic carbocycles. The van der Waals surface area contributed by atoms with Crippen LogP contribution < -0.4 is 9.80 Å². The Bertz CT molecular complexity index is 4310. The summed E-state index contributed by atoms with van der Waals surface area (Å²) in [7, 11) is 0. The van der Waals surface area contributed by atoms with Gasteiger partial charge in [0.1, 0.15) is 22.3 Å². The molecular weight excluding hydrogens is 853 g/mol. The average Bonchev–Trinajstić information content (AvgIpc) is 3.98. The van der Waals surface area contributed by atoms with Crippen molar-refractivity contribution < 1.29 is 8.83 Å². The summed E-state index contributed by atoms with van der Waals surface area (Å²) in [5, 5.41) is 18.3. The molecule has 15 aromatic rings. The molecule has 2 aromatic heterocycles.